The molecule has 4 nitrogen and oxygen atoms in total. The predicted molar refractivity (Wildman–Crippen MR) is 95.8 cm³/mol. The number of nitrogens with one attached hydrogen (secondary N) is 1. The van der Waals surface area contributed by atoms with Gasteiger partial charge < -0.3 is 0 Å². The molecular formula is C20H17N3O. The van der Waals surface area contributed by atoms with E-state index in [0.29, 0.717) is 11.3 Å². The fourth-order valence-electron chi connectivity index (χ4n) is 2.28. The molecule has 3 rings (SSSR count). The number of carbonyl (C=O) groups is 1. The molecule has 1 N–H and O–H groups in total. The van der Waals surface area contributed by atoms with Gasteiger partial charge in [-0.05, 0) is 42.3 Å². The first-order valence-electron chi connectivity index (χ1n) is 7.65. The van der Waals surface area contributed by atoms with E-state index in [0.717, 1.165) is 16.8 Å². The molecule has 0 radical (unpaired) electrons. The summed E-state index contributed by atoms with van der Waals surface area (Å²) in [6.45, 7) is 1.81. The second kappa shape index (κ2) is 7.33. The van der Waals surface area contributed by atoms with Crippen LogP contribution in [0.3, 0.4) is 0 Å². The summed E-state index contributed by atoms with van der Waals surface area (Å²) in [4.78, 5) is 16.4. The Hall–Kier alpha value is -3.27. The Labute approximate surface area is 140 Å². The highest BCUT2D eigenvalue weighted by molar-refractivity contribution is 5.99. The van der Waals surface area contributed by atoms with Gasteiger partial charge in [-0.1, -0.05) is 48.5 Å². The molecule has 24 heavy (non-hydrogen) atoms. The Kier molecular flexibility index (Phi) is 4.77. The third kappa shape index (κ3) is 3.73. The first-order chi connectivity index (χ1) is 11.7. The highest BCUT2D eigenvalue weighted by Gasteiger charge is 2.06. The van der Waals surface area contributed by atoms with Crippen LogP contribution < -0.4 is 5.43 Å². The number of pyridine rings is 1. The lowest BCUT2D eigenvalue weighted by atomic mass is 10.0. The van der Waals surface area contributed by atoms with Crippen molar-refractivity contribution in [2.24, 2.45) is 5.10 Å². The second-order valence-electron chi connectivity index (χ2n) is 5.30. The molecule has 3 aromatic rings. The number of hydrogen-bond acceptors (Lipinski definition) is 3. The van der Waals surface area contributed by atoms with Gasteiger partial charge in [0.25, 0.3) is 5.91 Å². The van der Waals surface area contributed by atoms with Crippen molar-refractivity contribution in [3.8, 4) is 11.1 Å². The number of benzene rings is 2. The van der Waals surface area contributed by atoms with Crippen LogP contribution in [0.2, 0.25) is 0 Å². The van der Waals surface area contributed by atoms with Crippen LogP contribution in [0.15, 0.2) is 84.1 Å². The van der Waals surface area contributed by atoms with Crippen LogP contribution in [-0.4, -0.2) is 16.6 Å². The Bertz CT molecular complexity index is 841. The second-order valence-corrected chi connectivity index (χ2v) is 5.30. The Balaban J connectivity index is 1.70. The third-order valence-corrected chi connectivity index (χ3v) is 3.61. The topological polar surface area (TPSA) is 54.4 Å². The molecule has 0 aliphatic heterocycles. The Morgan fingerprint density at radius 3 is 2.21 bits per heavy atom. The maximum absolute atomic E-state index is 12.2. The minimum Gasteiger partial charge on any atom is -0.267 e. The molecule has 0 unspecified atom stereocenters. The van der Waals surface area contributed by atoms with E-state index < -0.39 is 0 Å². The lowest BCUT2D eigenvalue weighted by Gasteiger charge is -2.05. The fourth-order valence-corrected chi connectivity index (χ4v) is 2.28. The molecular weight excluding hydrogens is 298 g/mol. The van der Waals surface area contributed by atoms with Gasteiger partial charge in [-0.2, -0.15) is 5.10 Å². The minimum atomic E-state index is -0.245. The molecule has 118 valence electrons. The Morgan fingerprint density at radius 2 is 1.54 bits per heavy atom. The minimum absolute atomic E-state index is 0.245. The van der Waals surface area contributed by atoms with Gasteiger partial charge in [-0.3, -0.25) is 9.78 Å². The van der Waals surface area contributed by atoms with E-state index in [9.17, 15) is 4.79 Å². The van der Waals surface area contributed by atoms with Gasteiger partial charge in [0, 0.05) is 11.8 Å². The van der Waals surface area contributed by atoms with Crippen LogP contribution in [0.1, 0.15) is 23.0 Å². The van der Waals surface area contributed by atoms with Crippen LogP contribution in [0.25, 0.3) is 11.1 Å². The fraction of sp³-hybridized carbons (Fsp3) is 0.0500. The maximum Gasteiger partial charge on any atom is 0.271 e. The number of amides is 1. The van der Waals surface area contributed by atoms with Crippen LogP contribution in [0.4, 0.5) is 0 Å². The molecule has 0 aliphatic carbocycles. The van der Waals surface area contributed by atoms with E-state index in [1.165, 1.54) is 0 Å². The van der Waals surface area contributed by atoms with Gasteiger partial charge >= 0.3 is 0 Å². The molecule has 1 aromatic heterocycles. The standard InChI is InChI=1S/C20H17N3O/c1-15(19-9-5-6-14-21-19)22-23-20(24)18-12-10-17(11-13-18)16-7-3-2-4-8-16/h2-14H,1H3,(H,23,24). The van der Waals surface area contributed by atoms with Crippen molar-refractivity contribution in [3.63, 3.8) is 0 Å². The predicted octanol–water partition coefficient (Wildman–Crippen LogP) is 3.90. The van der Waals surface area contributed by atoms with Gasteiger partial charge in [0.15, 0.2) is 0 Å². The van der Waals surface area contributed by atoms with Crippen molar-refractivity contribution in [1.82, 2.24) is 10.4 Å². The zero-order valence-electron chi connectivity index (χ0n) is 13.3. The summed E-state index contributed by atoms with van der Waals surface area (Å²) in [7, 11) is 0. The van der Waals surface area contributed by atoms with Crippen molar-refractivity contribution < 1.29 is 4.79 Å². The summed E-state index contributed by atoms with van der Waals surface area (Å²) in [6.07, 6.45) is 1.69. The average molecular weight is 315 g/mol. The largest absolute Gasteiger partial charge is 0.271 e. The molecule has 0 aliphatic rings. The molecule has 0 saturated heterocycles. The highest BCUT2D eigenvalue weighted by Crippen LogP contribution is 2.19. The summed E-state index contributed by atoms with van der Waals surface area (Å²) in [5.74, 6) is -0.245. The summed E-state index contributed by atoms with van der Waals surface area (Å²) < 4.78 is 0. The van der Waals surface area contributed by atoms with Crippen molar-refractivity contribution >= 4 is 11.6 Å². The molecule has 1 heterocycles. The summed E-state index contributed by atoms with van der Waals surface area (Å²) in [5.41, 5.74) is 6.71. The van der Waals surface area contributed by atoms with Crippen molar-refractivity contribution in [2.45, 2.75) is 6.92 Å². The van der Waals surface area contributed by atoms with Gasteiger partial charge in [0.2, 0.25) is 0 Å². The van der Waals surface area contributed by atoms with Crippen LogP contribution >= 0.6 is 0 Å². The molecule has 0 spiro atoms. The van der Waals surface area contributed by atoms with Crippen LogP contribution in [0, 0.1) is 0 Å². The number of rotatable bonds is 4. The SMILES string of the molecule is CC(=NNC(=O)c1ccc(-c2ccccc2)cc1)c1ccccn1. The molecule has 1 amide bonds. The summed E-state index contributed by atoms with van der Waals surface area (Å²) in [5, 5.41) is 4.11. The molecule has 2 aromatic carbocycles. The molecule has 0 bridgehead atoms. The zero-order chi connectivity index (χ0) is 16.8. The van der Waals surface area contributed by atoms with Crippen molar-refractivity contribution in [1.29, 1.82) is 0 Å². The third-order valence-electron chi connectivity index (χ3n) is 3.61. The van der Waals surface area contributed by atoms with Crippen LogP contribution in [-0.2, 0) is 0 Å². The average Bonchev–Trinajstić information content (AvgIpc) is 2.67. The zero-order valence-corrected chi connectivity index (χ0v) is 13.3. The number of carbonyl (C=O) groups excluding carboxylic acids is 1. The van der Waals surface area contributed by atoms with Gasteiger partial charge in [-0.15, -0.1) is 0 Å². The molecule has 4 heteroatoms. The lowest BCUT2D eigenvalue weighted by molar-refractivity contribution is 0.0955. The first kappa shape index (κ1) is 15.6. The van der Waals surface area contributed by atoms with E-state index in [1.54, 1.807) is 25.3 Å². The van der Waals surface area contributed by atoms with Crippen LogP contribution in [0.5, 0.6) is 0 Å². The smallest absolute Gasteiger partial charge is 0.267 e. The number of hydrogen-bond donors (Lipinski definition) is 1. The lowest BCUT2D eigenvalue weighted by Crippen LogP contribution is -2.19. The van der Waals surface area contributed by atoms with Gasteiger partial charge in [0.05, 0.1) is 11.4 Å². The summed E-state index contributed by atoms with van der Waals surface area (Å²) in [6, 6.07) is 23.1. The van der Waals surface area contributed by atoms with Crippen molar-refractivity contribution in [2.75, 3.05) is 0 Å². The molecule has 0 atom stereocenters. The van der Waals surface area contributed by atoms with Gasteiger partial charge in [-0.25, -0.2) is 5.43 Å². The van der Waals surface area contributed by atoms with E-state index in [2.05, 4.69) is 15.5 Å². The maximum atomic E-state index is 12.2. The van der Waals surface area contributed by atoms with Gasteiger partial charge in [0.1, 0.15) is 0 Å². The monoisotopic (exact) mass is 315 g/mol. The van der Waals surface area contributed by atoms with E-state index in [1.807, 2.05) is 60.7 Å². The summed E-state index contributed by atoms with van der Waals surface area (Å²) >= 11 is 0. The molecule has 0 saturated carbocycles. The Morgan fingerprint density at radius 1 is 0.875 bits per heavy atom. The van der Waals surface area contributed by atoms with Crippen molar-refractivity contribution in [3.05, 3.63) is 90.3 Å². The highest BCUT2D eigenvalue weighted by atomic mass is 16.2. The first-order valence-corrected chi connectivity index (χ1v) is 7.65. The number of nitrogens with zero attached hydrogens (tertiary/aromatic N) is 2. The number of hydrazone groups is 1. The quantitative estimate of drug-likeness (QED) is 0.586. The number of aromatic nitrogens is 1. The van der Waals surface area contributed by atoms with E-state index in [4.69, 9.17) is 0 Å². The normalized spacial score (nSPS) is 11.1. The molecule has 0 fully saturated rings. The van der Waals surface area contributed by atoms with E-state index in [-0.39, 0.29) is 5.91 Å². The van der Waals surface area contributed by atoms with E-state index >= 15 is 0 Å².